The van der Waals surface area contributed by atoms with Gasteiger partial charge in [0.2, 0.25) is 5.91 Å². The lowest BCUT2D eigenvalue weighted by molar-refractivity contribution is -0.129. The predicted molar refractivity (Wildman–Crippen MR) is 77.5 cm³/mol. The second-order valence-corrected chi connectivity index (χ2v) is 5.44. The monoisotopic (exact) mass is 277 g/mol. The van der Waals surface area contributed by atoms with Crippen LogP contribution in [0.15, 0.2) is 24.3 Å². The third-order valence-corrected chi connectivity index (χ3v) is 4.22. The van der Waals surface area contributed by atoms with Crippen LogP contribution < -0.4 is 4.74 Å². The second kappa shape index (κ2) is 6.27. The molecule has 0 unspecified atom stereocenters. The third-order valence-electron chi connectivity index (χ3n) is 4.22. The zero-order valence-corrected chi connectivity index (χ0v) is 12.4. The smallest absolute Gasteiger partial charge is 0.223 e. The van der Waals surface area contributed by atoms with Gasteiger partial charge in [0, 0.05) is 18.9 Å². The first-order valence-electron chi connectivity index (χ1n) is 7.18. The summed E-state index contributed by atoms with van der Waals surface area (Å²) < 4.78 is 5.14. The van der Waals surface area contributed by atoms with E-state index in [0.29, 0.717) is 19.4 Å². The van der Waals surface area contributed by atoms with Crippen LogP contribution in [0, 0.1) is 5.92 Å². The minimum Gasteiger partial charge on any atom is -0.497 e. The molecule has 3 atom stereocenters. The summed E-state index contributed by atoms with van der Waals surface area (Å²) in [4.78, 5) is 14.0. The van der Waals surface area contributed by atoms with Crippen molar-refractivity contribution in [1.29, 1.82) is 0 Å². The van der Waals surface area contributed by atoms with E-state index in [1.807, 2.05) is 43.0 Å². The van der Waals surface area contributed by atoms with E-state index in [1.54, 1.807) is 7.11 Å². The molecule has 0 radical (unpaired) electrons. The highest BCUT2D eigenvalue weighted by molar-refractivity contribution is 5.79. The summed E-state index contributed by atoms with van der Waals surface area (Å²) in [6.07, 6.45) is 0.769. The van der Waals surface area contributed by atoms with Crippen molar-refractivity contribution in [2.45, 2.75) is 38.8 Å². The minimum atomic E-state index is -0.382. The van der Waals surface area contributed by atoms with Crippen molar-refractivity contribution in [3.63, 3.8) is 0 Å². The molecule has 0 aliphatic carbocycles. The number of carbonyl (C=O) groups excluding carboxylic acids is 1. The summed E-state index contributed by atoms with van der Waals surface area (Å²) in [5.41, 5.74) is 1.09. The Balaban J connectivity index is 2.08. The van der Waals surface area contributed by atoms with Gasteiger partial charge >= 0.3 is 0 Å². The topological polar surface area (TPSA) is 49.8 Å². The van der Waals surface area contributed by atoms with Gasteiger partial charge in [0.1, 0.15) is 5.75 Å². The zero-order valence-electron chi connectivity index (χ0n) is 12.4. The molecule has 0 spiro atoms. The van der Waals surface area contributed by atoms with Crippen molar-refractivity contribution in [2.24, 2.45) is 5.92 Å². The molecule has 1 amide bonds. The maximum Gasteiger partial charge on any atom is 0.223 e. The van der Waals surface area contributed by atoms with E-state index in [0.717, 1.165) is 11.3 Å². The van der Waals surface area contributed by atoms with Gasteiger partial charge in [-0.3, -0.25) is 4.79 Å². The van der Waals surface area contributed by atoms with Gasteiger partial charge in [0.25, 0.3) is 0 Å². The lowest BCUT2D eigenvalue weighted by atomic mass is 9.99. The number of aliphatic hydroxyl groups is 1. The minimum absolute atomic E-state index is 0.0301. The normalized spacial score (nSPS) is 21.9. The molecule has 1 N–H and O–H groups in total. The fourth-order valence-electron chi connectivity index (χ4n) is 2.79. The molecular formula is C16H23NO3. The maximum atomic E-state index is 12.1. The van der Waals surface area contributed by atoms with Gasteiger partial charge in [-0.15, -0.1) is 0 Å². The standard InChI is InChI=1S/C16H23NO3/c1-4-15(18)13-9-16(19)17(10-13)11(2)12-5-7-14(20-3)8-6-12/h5-8,11,13,15,18H,4,9-10H2,1-3H3/t11-,13-,15+/m1/s1. The molecule has 0 saturated carbocycles. The molecule has 1 saturated heterocycles. The molecule has 110 valence electrons. The summed E-state index contributed by atoms with van der Waals surface area (Å²) >= 11 is 0. The lowest BCUT2D eigenvalue weighted by Gasteiger charge is -2.26. The summed E-state index contributed by atoms with van der Waals surface area (Å²) in [5, 5.41) is 9.92. The van der Waals surface area contributed by atoms with Crippen LogP contribution in [-0.2, 0) is 4.79 Å². The quantitative estimate of drug-likeness (QED) is 0.899. The number of hydrogen-bond donors (Lipinski definition) is 1. The zero-order chi connectivity index (χ0) is 14.7. The Kier molecular flexibility index (Phi) is 4.65. The van der Waals surface area contributed by atoms with Gasteiger partial charge in [0.05, 0.1) is 19.3 Å². The van der Waals surface area contributed by atoms with Crippen LogP contribution in [0.2, 0.25) is 0 Å². The molecule has 1 fully saturated rings. The van der Waals surface area contributed by atoms with Gasteiger partial charge in [0.15, 0.2) is 0 Å². The highest BCUT2D eigenvalue weighted by Gasteiger charge is 2.36. The number of rotatable bonds is 5. The molecule has 1 aliphatic heterocycles. The van der Waals surface area contributed by atoms with Crippen LogP contribution in [0.4, 0.5) is 0 Å². The number of carbonyl (C=O) groups is 1. The number of amides is 1. The Labute approximate surface area is 120 Å². The van der Waals surface area contributed by atoms with Crippen LogP contribution >= 0.6 is 0 Å². The Morgan fingerprint density at radius 1 is 1.40 bits per heavy atom. The van der Waals surface area contributed by atoms with Crippen molar-refractivity contribution in [3.8, 4) is 5.75 Å². The molecule has 0 aromatic heterocycles. The van der Waals surface area contributed by atoms with Crippen LogP contribution in [0.3, 0.4) is 0 Å². The average molecular weight is 277 g/mol. The SMILES string of the molecule is CC[C@H](O)[C@@H]1CC(=O)N([C@H](C)c2ccc(OC)cc2)C1. The molecular weight excluding hydrogens is 254 g/mol. The molecule has 1 aromatic rings. The number of hydrogen-bond acceptors (Lipinski definition) is 3. The molecule has 4 heteroatoms. The van der Waals surface area contributed by atoms with Gasteiger partial charge in [-0.25, -0.2) is 0 Å². The van der Waals surface area contributed by atoms with E-state index in [1.165, 1.54) is 0 Å². The summed E-state index contributed by atoms with van der Waals surface area (Å²) in [7, 11) is 1.64. The maximum absolute atomic E-state index is 12.1. The van der Waals surface area contributed by atoms with E-state index in [-0.39, 0.29) is 24.0 Å². The van der Waals surface area contributed by atoms with Gasteiger partial charge in [-0.2, -0.15) is 0 Å². The Bertz CT molecular complexity index is 457. The van der Waals surface area contributed by atoms with Gasteiger partial charge in [-0.1, -0.05) is 19.1 Å². The summed E-state index contributed by atoms with van der Waals surface area (Å²) in [6, 6.07) is 7.82. The lowest BCUT2D eigenvalue weighted by Crippen LogP contribution is -2.30. The first kappa shape index (κ1) is 14.9. The first-order valence-corrected chi connectivity index (χ1v) is 7.18. The largest absolute Gasteiger partial charge is 0.497 e. The van der Waals surface area contributed by atoms with Crippen molar-refractivity contribution >= 4 is 5.91 Å². The molecule has 1 aliphatic rings. The molecule has 1 heterocycles. The molecule has 20 heavy (non-hydrogen) atoms. The predicted octanol–water partition coefficient (Wildman–Crippen LogP) is 2.38. The van der Waals surface area contributed by atoms with E-state index in [9.17, 15) is 9.90 Å². The third kappa shape index (κ3) is 2.96. The van der Waals surface area contributed by atoms with Crippen LogP contribution in [0.25, 0.3) is 0 Å². The van der Waals surface area contributed by atoms with E-state index < -0.39 is 0 Å². The van der Waals surface area contributed by atoms with Crippen LogP contribution in [0.5, 0.6) is 5.75 Å². The Hall–Kier alpha value is -1.55. The van der Waals surface area contributed by atoms with E-state index in [4.69, 9.17) is 4.74 Å². The summed E-state index contributed by atoms with van der Waals surface area (Å²) in [6.45, 7) is 4.62. The molecule has 2 rings (SSSR count). The van der Waals surface area contributed by atoms with Crippen molar-refractivity contribution in [1.82, 2.24) is 4.90 Å². The van der Waals surface area contributed by atoms with E-state index >= 15 is 0 Å². The first-order chi connectivity index (χ1) is 9.56. The van der Waals surface area contributed by atoms with Crippen LogP contribution in [-0.4, -0.2) is 35.7 Å². The highest BCUT2D eigenvalue weighted by Crippen LogP contribution is 2.31. The Morgan fingerprint density at radius 2 is 2.05 bits per heavy atom. The number of benzene rings is 1. The molecule has 4 nitrogen and oxygen atoms in total. The van der Waals surface area contributed by atoms with Gasteiger partial charge < -0.3 is 14.7 Å². The average Bonchev–Trinajstić information content (AvgIpc) is 2.87. The molecule has 1 aromatic carbocycles. The molecule has 0 bridgehead atoms. The number of methoxy groups -OCH3 is 1. The number of likely N-dealkylation sites (tertiary alicyclic amines) is 1. The fraction of sp³-hybridized carbons (Fsp3) is 0.562. The van der Waals surface area contributed by atoms with Crippen molar-refractivity contribution in [3.05, 3.63) is 29.8 Å². The number of nitrogens with zero attached hydrogens (tertiary/aromatic N) is 1. The van der Waals surface area contributed by atoms with E-state index in [2.05, 4.69) is 0 Å². The van der Waals surface area contributed by atoms with Crippen molar-refractivity contribution in [2.75, 3.05) is 13.7 Å². The highest BCUT2D eigenvalue weighted by atomic mass is 16.5. The number of aliphatic hydroxyl groups excluding tert-OH is 1. The summed E-state index contributed by atoms with van der Waals surface area (Å²) in [5.74, 6) is 1.01. The fourth-order valence-corrected chi connectivity index (χ4v) is 2.79. The van der Waals surface area contributed by atoms with Crippen molar-refractivity contribution < 1.29 is 14.6 Å². The Morgan fingerprint density at radius 3 is 2.60 bits per heavy atom. The number of ether oxygens (including phenoxy) is 1. The second-order valence-electron chi connectivity index (χ2n) is 5.44. The van der Waals surface area contributed by atoms with Gasteiger partial charge in [-0.05, 0) is 31.0 Å². The van der Waals surface area contributed by atoms with Crippen LogP contribution in [0.1, 0.15) is 38.3 Å².